The van der Waals surface area contributed by atoms with E-state index in [0.29, 0.717) is 28.8 Å². The van der Waals surface area contributed by atoms with Gasteiger partial charge in [-0.1, -0.05) is 30.3 Å². The first-order chi connectivity index (χ1) is 11.5. The molecule has 0 aliphatic rings. The minimum atomic E-state index is -0.534. The van der Waals surface area contributed by atoms with E-state index in [1.54, 1.807) is 23.9 Å². The van der Waals surface area contributed by atoms with Crippen LogP contribution in [0.5, 0.6) is 0 Å². The Kier molecular flexibility index (Phi) is 4.15. The lowest BCUT2D eigenvalue weighted by Crippen LogP contribution is -2.28. The van der Waals surface area contributed by atoms with Crippen LogP contribution in [0, 0.1) is 0 Å². The van der Waals surface area contributed by atoms with E-state index in [1.165, 1.54) is 6.20 Å². The van der Waals surface area contributed by atoms with Gasteiger partial charge in [0, 0.05) is 25.2 Å². The number of carbonyl (C=O) groups excluding carboxylic acids is 2. The normalized spacial score (nSPS) is 10.5. The maximum Gasteiger partial charge on any atom is 0.319 e. The topological polar surface area (TPSA) is 102 Å². The molecule has 3 amide bonds. The van der Waals surface area contributed by atoms with Crippen molar-refractivity contribution in [2.45, 2.75) is 6.54 Å². The van der Waals surface area contributed by atoms with Crippen molar-refractivity contribution in [2.75, 3.05) is 5.32 Å². The SMILES string of the molecule is Cn1cc(C(N)=O)c2cc(NC(=O)NCc3ccccc3)cnc21. The molecule has 7 nitrogen and oxygen atoms in total. The number of hydrogen-bond donors (Lipinski definition) is 3. The molecule has 122 valence electrons. The number of pyridine rings is 1. The lowest BCUT2D eigenvalue weighted by molar-refractivity contribution is 0.100. The molecular weight excluding hydrogens is 306 g/mol. The monoisotopic (exact) mass is 323 g/mol. The van der Waals surface area contributed by atoms with Crippen molar-refractivity contribution in [3.05, 3.63) is 59.9 Å². The van der Waals surface area contributed by atoms with Gasteiger partial charge in [0.15, 0.2) is 0 Å². The number of nitrogens with two attached hydrogens (primary N) is 1. The molecule has 0 atom stereocenters. The van der Waals surface area contributed by atoms with E-state index < -0.39 is 5.91 Å². The summed E-state index contributed by atoms with van der Waals surface area (Å²) in [5.41, 5.74) is 7.86. The van der Waals surface area contributed by atoms with Crippen LogP contribution in [0.4, 0.5) is 10.5 Å². The van der Waals surface area contributed by atoms with Crippen LogP contribution in [0.25, 0.3) is 11.0 Å². The summed E-state index contributed by atoms with van der Waals surface area (Å²) in [6, 6.07) is 10.9. The maximum absolute atomic E-state index is 12.0. The molecule has 0 saturated carbocycles. The van der Waals surface area contributed by atoms with Crippen LogP contribution in [0.3, 0.4) is 0 Å². The van der Waals surface area contributed by atoms with Gasteiger partial charge >= 0.3 is 6.03 Å². The Morgan fingerprint density at radius 3 is 2.71 bits per heavy atom. The van der Waals surface area contributed by atoms with Crippen molar-refractivity contribution >= 4 is 28.7 Å². The summed E-state index contributed by atoms with van der Waals surface area (Å²) in [4.78, 5) is 27.8. The third kappa shape index (κ3) is 3.19. The molecule has 0 bridgehead atoms. The largest absolute Gasteiger partial charge is 0.366 e. The quantitative estimate of drug-likeness (QED) is 0.684. The number of carbonyl (C=O) groups is 2. The Morgan fingerprint density at radius 2 is 2.00 bits per heavy atom. The fourth-order valence-electron chi connectivity index (χ4n) is 2.48. The summed E-state index contributed by atoms with van der Waals surface area (Å²) >= 11 is 0. The lowest BCUT2D eigenvalue weighted by Gasteiger charge is -2.08. The van der Waals surface area contributed by atoms with Gasteiger partial charge in [-0.25, -0.2) is 9.78 Å². The Balaban J connectivity index is 1.74. The summed E-state index contributed by atoms with van der Waals surface area (Å²) in [5, 5.41) is 6.07. The molecule has 3 rings (SSSR count). The van der Waals surface area contributed by atoms with Gasteiger partial charge in [-0.05, 0) is 11.6 Å². The summed E-state index contributed by atoms with van der Waals surface area (Å²) in [7, 11) is 1.78. The third-order valence-electron chi connectivity index (χ3n) is 3.63. The second-order valence-corrected chi connectivity index (χ2v) is 5.41. The summed E-state index contributed by atoms with van der Waals surface area (Å²) in [6.07, 6.45) is 3.16. The van der Waals surface area contributed by atoms with E-state index >= 15 is 0 Å². The molecule has 0 fully saturated rings. The highest BCUT2D eigenvalue weighted by Gasteiger charge is 2.13. The molecule has 2 aromatic heterocycles. The molecule has 0 unspecified atom stereocenters. The Bertz CT molecular complexity index is 902. The van der Waals surface area contributed by atoms with Gasteiger partial charge in [0.2, 0.25) is 0 Å². The predicted octanol–water partition coefficient (Wildman–Crippen LogP) is 1.99. The van der Waals surface area contributed by atoms with Crippen molar-refractivity contribution < 1.29 is 9.59 Å². The molecule has 0 saturated heterocycles. The molecule has 0 radical (unpaired) electrons. The smallest absolute Gasteiger partial charge is 0.319 e. The van der Waals surface area contributed by atoms with E-state index in [1.807, 2.05) is 30.3 Å². The predicted molar refractivity (Wildman–Crippen MR) is 91.5 cm³/mol. The van der Waals surface area contributed by atoms with Gasteiger partial charge in [-0.3, -0.25) is 4.79 Å². The second kappa shape index (κ2) is 6.41. The maximum atomic E-state index is 12.0. The zero-order valence-corrected chi connectivity index (χ0v) is 13.1. The molecule has 2 heterocycles. The first-order valence-corrected chi connectivity index (χ1v) is 7.38. The minimum Gasteiger partial charge on any atom is -0.366 e. The van der Waals surface area contributed by atoms with Crippen LogP contribution >= 0.6 is 0 Å². The summed E-state index contributed by atoms with van der Waals surface area (Å²) < 4.78 is 1.72. The van der Waals surface area contributed by atoms with Gasteiger partial charge in [0.1, 0.15) is 5.65 Å². The summed E-state index contributed by atoms with van der Waals surface area (Å²) in [5.74, 6) is -0.534. The number of amides is 3. The fourth-order valence-corrected chi connectivity index (χ4v) is 2.48. The first-order valence-electron chi connectivity index (χ1n) is 7.38. The molecule has 0 spiro atoms. The molecule has 3 aromatic rings. The van der Waals surface area contributed by atoms with Crippen molar-refractivity contribution in [3.8, 4) is 0 Å². The second-order valence-electron chi connectivity index (χ2n) is 5.41. The number of nitrogens with zero attached hydrogens (tertiary/aromatic N) is 2. The van der Waals surface area contributed by atoms with Crippen LogP contribution < -0.4 is 16.4 Å². The number of benzene rings is 1. The number of aromatic nitrogens is 2. The van der Waals surface area contributed by atoms with Crippen LogP contribution in [0.1, 0.15) is 15.9 Å². The third-order valence-corrected chi connectivity index (χ3v) is 3.63. The van der Waals surface area contributed by atoms with E-state index in [9.17, 15) is 9.59 Å². The van der Waals surface area contributed by atoms with Crippen LogP contribution in [-0.2, 0) is 13.6 Å². The minimum absolute atomic E-state index is 0.350. The van der Waals surface area contributed by atoms with E-state index in [4.69, 9.17) is 5.73 Å². The van der Waals surface area contributed by atoms with Crippen LogP contribution in [0.2, 0.25) is 0 Å². The summed E-state index contributed by atoms with van der Waals surface area (Å²) in [6.45, 7) is 0.417. The van der Waals surface area contributed by atoms with E-state index in [0.717, 1.165) is 5.56 Å². The fraction of sp³-hybridized carbons (Fsp3) is 0.118. The molecule has 0 aliphatic heterocycles. The molecule has 0 aliphatic carbocycles. The number of nitrogens with one attached hydrogen (secondary N) is 2. The van der Waals surface area contributed by atoms with Gasteiger partial charge in [-0.15, -0.1) is 0 Å². The van der Waals surface area contributed by atoms with Crippen molar-refractivity contribution in [3.63, 3.8) is 0 Å². The number of anilines is 1. The van der Waals surface area contributed by atoms with E-state index in [-0.39, 0.29) is 6.03 Å². The Labute approximate surface area is 138 Å². The highest BCUT2D eigenvalue weighted by molar-refractivity contribution is 6.06. The average Bonchev–Trinajstić information content (AvgIpc) is 2.91. The Morgan fingerprint density at radius 1 is 1.25 bits per heavy atom. The molecule has 1 aromatic carbocycles. The molecule has 4 N–H and O–H groups in total. The average molecular weight is 323 g/mol. The van der Waals surface area contributed by atoms with Gasteiger partial charge in [0.25, 0.3) is 5.91 Å². The first kappa shape index (κ1) is 15.5. The molecule has 24 heavy (non-hydrogen) atoms. The van der Waals surface area contributed by atoms with Crippen LogP contribution in [-0.4, -0.2) is 21.5 Å². The number of aryl methyl sites for hydroxylation is 1. The number of primary amides is 1. The van der Waals surface area contributed by atoms with Crippen molar-refractivity contribution in [2.24, 2.45) is 12.8 Å². The van der Waals surface area contributed by atoms with Gasteiger partial charge in [0.05, 0.1) is 17.4 Å². The van der Waals surface area contributed by atoms with E-state index in [2.05, 4.69) is 15.6 Å². The number of fused-ring (bicyclic) bond motifs is 1. The number of urea groups is 1. The molecule has 7 heteroatoms. The molecular formula is C17H17N5O2. The number of hydrogen-bond acceptors (Lipinski definition) is 3. The van der Waals surface area contributed by atoms with Crippen molar-refractivity contribution in [1.82, 2.24) is 14.9 Å². The van der Waals surface area contributed by atoms with Gasteiger partial charge in [-0.2, -0.15) is 0 Å². The van der Waals surface area contributed by atoms with Crippen molar-refractivity contribution in [1.29, 1.82) is 0 Å². The zero-order chi connectivity index (χ0) is 17.1. The zero-order valence-electron chi connectivity index (χ0n) is 13.1. The lowest BCUT2D eigenvalue weighted by atomic mass is 10.2. The number of rotatable bonds is 4. The van der Waals surface area contributed by atoms with Gasteiger partial charge < -0.3 is 20.9 Å². The highest BCUT2D eigenvalue weighted by Crippen LogP contribution is 2.21. The van der Waals surface area contributed by atoms with Crippen LogP contribution in [0.15, 0.2) is 48.8 Å². The Hall–Kier alpha value is -3.35. The standard InChI is InChI=1S/C17H17N5O2/c1-22-10-14(15(18)23)13-7-12(9-19-16(13)22)21-17(24)20-8-11-5-3-2-4-6-11/h2-7,9-10H,8H2,1H3,(H2,18,23)(H2,20,21,24). The highest BCUT2D eigenvalue weighted by atomic mass is 16.2.